The van der Waals surface area contributed by atoms with Crippen molar-refractivity contribution in [1.82, 2.24) is 25.1 Å². The molecule has 0 saturated carbocycles. The van der Waals surface area contributed by atoms with Crippen molar-refractivity contribution in [1.29, 1.82) is 0 Å². The van der Waals surface area contributed by atoms with Gasteiger partial charge in [0.25, 0.3) is 5.91 Å². The quantitative estimate of drug-likeness (QED) is 0.854. The number of aromatic nitrogens is 2. The molecule has 0 saturated heterocycles. The Morgan fingerprint density at radius 1 is 1.19 bits per heavy atom. The van der Waals surface area contributed by atoms with E-state index in [1.165, 1.54) is 0 Å². The van der Waals surface area contributed by atoms with Gasteiger partial charge in [-0.1, -0.05) is 34.6 Å². The lowest BCUT2D eigenvalue weighted by Crippen LogP contribution is -2.53. The highest BCUT2D eigenvalue weighted by molar-refractivity contribution is 5.97. The smallest absolute Gasteiger partial charge is 0.272 e. The summed E-state index contributed by atoms with van der Waals surface area (Å²) < 4.78 is 2.19. The normalized spacial score (nSPS) is 16.8. The first kappa shape index (κ1) is 20.4. The van der Waals surface area contributed by atoms with E-state index in [9.17, 15) is 9.59 Å². The van der Waals surface area contributed by atoms with Crippen LogP contribution in [0.25, 0.3) is 0 Å². The lowest BCUT2D eigenvalue weighted by molar-refractivity contribution is -0.124. The van der Waals surface area contributed by atoms with Crippen LogP contribution in [0.2, 0.25) is 0 Å². The fourth-order valence-corrected chi connectivity index (χ4v) is 3.39. The lowest BCUT2D eigenvalue weighted by atomic mass is 9.86. The molecule has 2 heterocycles. The highest BCUT2D eigenvalue weighted by atomic mass is 16.2. The Kier molecular flexibility index (Phi) is 6.11. The van der Waals surface area contributed by atoms with E-state index in [1.54, 1.807) is 7.05 Å². The number of imidazole rings is 1. The molecule has 2 rings (SSSR count). The molecular formula is C19H33N5O2. The molecule has 2 amide bonds. The maximum atomic E-state index is 13.1. The molecule has 2 N–H and O–H groups in total. The summed E-state index contributed by atoms with van der Waals surface area (Å²) in [5.41, 5.74) is 0.987. The Balaban J connectivity index is 2.41. The van der Waals surface area contributed by atoms with Crippen LogP contribution in [0.5, 0.6) is 0 Å². The summed E-state index contributed by atoms with van der Waals surface area (Å²) in [5.74, 6) is 0.695. The van der Waals surface area contributed by atoms with Gasteiger partial charge < -0.3 is 20.1 Å². The van der Waals surface area contributed by atoms with Crippen LogP contribution in [0.3, 0.4) is 0 Å². The first-order valence-electron chi connectivity index (χ1n) is 9.36. The fraction of sp³-hybridized carbons (Fsp3) is 0.737. The standard InChI is InChI=1S/C19H33N5O2/c1-12(2)16-21-14(13-11-23(7)9-8-10-24(13)16)17(25)22-15(18(26)20-6)19(3,4)5/h12,15H,8-11H2,1-7H3,(H,20,26)(H,22,25)/t15-/m1/s1. The maximum absolute atomic E-state index is 13.1. The molecule has 0 aromatic carbocycles. The van der Waals surface area contributed by atoms with Crippen LogP contribution < -0.4 is 10.6 Å². The zero-order valence-electron chi connectivity index (χ0n) is 17.1. The average Bonchev–Trinajstić information content (AvgIpc) is 2.78. The van der Waals surface area contributed by atoms with E-state index in [4.69, 9.17) is 0 Å². The van der Waals surface area contributed by atoms with E-state index in [1.807, 2.05) is 20.8 Å². The number of carbonyl (C=O) groups is 2. The Hall–Kier alpha value is -1.89. The lowest BCUT2D eigenvalue weighted by Gasteiger charge is -2.29. The summed E-state index contributed by atoms with van der Waals surface area (Å²) in [6.45, 7) is 12.5. The molecule has 0 unspecified atom stereocenters. The molecule has 1 atom stereocenters. The number of carbonyl (C=O) groups excluding carboxylic acids is 2. The van der Waals surface area contributed by atoms with E-state index in [0.29, 0.717) is 12.2 Å². The van der Waals surface area contributed by atoms with Crippen LogP contribution in [-0.2, 0) is 17.9 Å². The molecule has 146 valence electrons. The van der Waals surface area contributed by atoms with E-state index < -0.39 is 11.5 Å². The largest absolute Gasteiger partial charge is 0.357 e. The molecule has 26 heavy (non-hydrogen) atoms. The van der Waals surface area contributed by atoms with Gasteiger partial charge in [0.05, 0.1) is 5.69 Å². The molecule has 1 aliphatic heterocycles. The van der Waals surface area contributed by atoms with Crippen LogP contribution in [-0.4, -0.2) is 52.9 Å². The zero-order chi connectivity index (χ0) is 19.6. The molecule has 1 aliphatic rings. The van der Waals surface area contributed by atoms with Crippen LogP contribution in [0, 0.1) is 5.41 Å². The van der Waals surface area contributed by atoms with Crippen molar-refractivity contribution in [3.05, 3.63) is 17.2 Å². The molecule has 1 aromatic rings. The van der Waals surface area contributed by atoms with E-state index in [2.05, 4.69) is 46.0 Å². The van der Waals surface area contributed by atoms with Crippen LogP contribution in [0.15, 0.2) is 0 Å². The fourth-order valence-electron chi connectivity index (χ4n) is 3.39. The summed E-state index contributed by atoms with van der Waals surface area (Å²) in [5, 5.41) is 5.56. The highest BCUT2D eigenvalue weighted by Gasteiger charge is 2.34. The third-order valence-electron chi connectivity index (χ3n) is 4.82. The predicted molar refractivity (Wildman–Crippen MR) is 102 cm³/mol. The Labute approximate surface area is 156 Å². The summed E-state index contributed by atoms with van der Waals surface area (Å²) in [6.07, 6.45) is 1.03. The topological polar surface area (TPSA) is 79.3 Å². The SMILES string of the molecule is CNC(=O)[C@@H](NC(=O)c1nc(C(C)C)n2c1CN(C)CCC2)C(C)(C)C. The second-order valence-corrected chi connectivity index (χ2v) is 8.55. The Morgan fingerprint density at radius 2 is 1.85 bits per heavy atom. The molecule has 0 bridgehead atoms. The van der Waals surface area contributed by atoms with Crippen molar-refractivity contribution >= 4 is 11.8 Å². The van der Waals surface area contributed by atoms with Gasteiger partial charge in [0.2, 0.25) is 5.91 Å². The van der Waals surface area contributed by atoms with Gasteiger partial charge in [-0.15, -0.1) is 0 Å². The second kappa shape index (κ2) is 7.78. The number of hydrogen-bond donors (Lipinski definition) is 2. The molecular weight excluding hydrogens is 330 g/mol. The first-order valence-corrected chi connectivity index (χ1v) is 9.36. The zero-order valence-corrected chi connectivity index (χ0v) is 17.1. The van der Waals surface area contributed by atoms with Crippen molar-refractivity contribution < 1.29 is 9.59 Å². The number of nitrogens with zero attached hydrogens (tertiary/aromatic N) is 3. The molecule has 0 radical (unpaired) electrons. The third kappa shape index (κ3) is 4.26. The summed E-state index contributed by atoms with van der Waals surface area (Å²) in [4.78, 5) is 32.2. The second-order valence-electron chi connectivity index (χ2n) is 8.55. The third-order valence-corrected chi connectivity index (χ3v) is 4.82. The van der Waals surface area contributed by atoms with Gasteiger partial charge in [0.15, 0.2) is 5.69 Å². The summed E-state index contributed by atoms with van der Waals surface area (Å²) >= 11 is 0. The minimum Gasteiger partial charge on any atom is -0.357 e. The number of rotatable bonds is 4. The van der Waals surface area contributed by atoms with Crippen LogP contribution in [0.4, 0.5) is 0 Å². The number of fused-ring (bicyclic) bond motifs is 1. The van der Waals surface area contributed by atoms with Crippen molar-refractivity contribution in [3.8, 4) is 0 Å². The van der Waals surface area contributed by atoms with Crippen molar-refractivity contribution in [2.75, 3.05) is 20.6 Å². The van der Waals surface area contributed by atoms with Gasteiger partial charge in [-0.3, -0.25) is 9.59 Å². The van der Waals surface area contributed by atoms with Crippen molar-refractivity contribution in [2.24, 2.45) is 5.41 Å². The van der Waals surface area contributed by atoms with Gasteiger partial charge in [-0.05, 0) is 25.4 Å². The molecule has 0 spiro atoms. The number of hydrogen-bond acceptors (Lipinski definition) is 4. The van der Waals surface area contributed by atoms with Crippen molar-refractivity contribution in [2.45, 2.75) is 66.1 Å². The minimum absolute atomic E-state index is 0.197. The summed E-state index contributed by atoms with van der Waals surface area (Å²) in [6, 6.07) is -0.622. The Morgan fingerprint density at radius 3 is 2.38 bits per heavy atom. The average molecular weight is 364 g/mol. The summed E-state index contributed by atoms with van der Waals surface area (Å²) in [7, 11) is 3.64. The van der Waals surface area contributed by atoms with E-state index in [-0.39, 0.29) is 17.7 Å². The molecule has 0 fully saturated rings. The molecule has 7 heteroatoms. The van der Waals surface area contributed by atoms with Gasteiger partial charge >= 0.3 is 0 Å². The number of nitrogens with one attached hydrogen (secondary N) is 2. The van der Waals surface area contributed by atoms with Gasteiger partial charge in [-0.2, -0.15) is 0 Å². The minimum atomic E-state index is -0.622. The van der Waals surface area contributed by atoms with E-state index >= 15 is 0 Å². The number of amides is 2. The van der Waals surface area contributed by atoms with Crippen LogP contribution in [0.1, 0.15) is 69.0 Å². The number of likely N-dealkylation sites (N-methyl/N-ethyl adjacent to an activating group) is 1. The van der Waals surface area contributed by atoms with Crippen LogP contribution >= 0.6 is 0 Å². The molecule has 7 nitrogen and oxygen atoms in total. The van der Waals surface area contributed by atoms with Gasteiger partial charge in [0, 0.05) is 26.1 Å². The highest BCUT2D eigenvalue weighted by Crippen LogP contribution is 2.25. The molecule has 1 aromatic heterocycles. The Bertz CT molecular complexity index is 672. The first-order chi connectivity index (χ1) is 12.1. The monoisotopic (exact) mass is 363 g/mol. The van der Waals surface area contributed by atoms with Gasteiger partial charge in [-0.25, -0.2) is 4.98 Å². The van der Waals surface area contributed by atoms with E-state index in [0.717, 1.165) is 31.0 Å². The maximum Gasteiger partial charge on any atom is 0.272 e. The van der Waals surface area contributed by atoms with Gasteiger partial charge in [0.1, 0.15) is 11.9 Å². The van der Waals surface area contributed by atoms with Crippen molar-refractivity contribution in [3.63, 3.8) is 0 Å². The predicted octanol–water partition coefficient (Wildman–Crippen LogP) is 1.73. The molecule has 0 aliphatic carbocycles.